The molecule has 0 saturated heterocycles. The summed E-state index contributed by atoms with van der Waals surface area (Å²) in [5.41, 5.74) is 1.31. The van der Waals surface area contributed by atoms with Crippen molar-refractivity contribution < 1.29 is 19.0 Å². The zero-order valence-corrected chi connectivity index (χ0v) is 13.7. The first-order chi connectivity index (χ1) is 11.7. The highest BCUT2D eigenvalue weighted by Crippen LogP contribution is 2.34. The number of aliphatic hydroxyl groups is 1. The van der Waals surface area contributed by atoms with Crippen molar-refractivity contribution in [2.45, 2.75) is 25.0 Å². The third-order valence-electron chi connectivity index (χ3n) is 4.31. The van der Waals surface area contributed by atoms with Gasteiger partial charge in [-0.3, -0.25) is 0 Å². The summed E-state index contributed by atoms with van der Waals surface area (Å²) in [4.78, 5) is 0. The minimum atomic E-state index is -0.899. The lowest BCUT2D eigenvalue weighted by Crippen LogP contribution is -2.26. The van der Waals surface area contributed by atoms with E-state index in [0.29, 0.717) is 12.2 Å². The zero-order chi connectivity index (χ0) is 16.9. The summed E-state index contributed by atoms with van der Waals surface area (Å²) in [6, 6.07) is 12.1. The van der Waals surface area contributed by atoms with Gasteiger partial charge in [0.1, 0.15) is 17.3 Å². The number of ether oxygens (including phenoxy) is 2. The molecule has 128 valence electrons. The number of nitrogens with one attached hydrogen (secondary N) is 1. The van der Waals surface area contributed by atoms with Crippen LogP contribution in [0.15, 0.2) is 42.5 Å². The van der Waals surface area contributed by atoms with Crippen LogP contribution in [-0.2, 0) is 0 Å². The van der Waals surface area contributed by atoms with Gasteiger partial charge in [-0.2, -0.15) is 0 Å². The van der Waals surface area contributed by atoms with Crippen LogP contribution in [0.25, 0.3) is 0 Å². The predicted molar refractivity (Wildman–Crippen MR) is 89.8 cm³/mol. The van der Waals surface area contributed by atoms with Gasteiger partial charge in [-0.25, -0.2) is 4.39 Å². The second kappa shape index (κ2) is 7.64. The fourth-order valence-electron chi connectivity index (χ4n) is 3.00. The third-order valence-corrected chi connectivity index (χ3v) is 4.31. The van der Waals surface area contributed by atoms with Crippen LogP contribution < -0.4 is 14.8 Å². The summed E-state index contributed by atoms with van der Waals surface area (Å²) in [5.74, 6) is 1.20. The topological polar surface area (TPSA) is 50.7 Å². The Bertz CT molecular complexity index is 692. The van der Waals surface area contributed by atoms with Crippen molar-refractivity contribution in [2.75, 3.05) is 20.3 Å². The number of rotatable bonds is 5. The Hall–Kier alpha value is -2.11. The number of fused-ring (bicyclic) bond motifs is 1. The van der Waals surface area contributed by atoms with Crippen LogP contribution in [0.5, 0.6) is 11.5 Å². The normalized spacial score (nSPS) is 18.2. The van der Waals surface area contributed by atoms with Gasteiger partial charge in [-0.05, 0) is 37.1 Å². The molecule has 2 unspecified atom stereocenters. The second-order valence-corrected chi connectivity index (χ2v) is 5.89. The maximum absolute atomic E-state index is 13.8. The summed E-state index contributed by atoms with van der Waals surface area (Å²) in [7, 11) is 1.63. The van der Waals surface area contributed by atoms with Crippen LogP contribution in [0.3, 0.4) is 0 Å². The number of halogens is 1. The Balaban J connectivity index is 1.74. The molecular formula is C19H22FNO3. The molecule has 5 heteroatoms. The van der Waals surface area contributed by atoms with E-state index in [2.05, 4.69) is 5.32 Å². The minimum Gasteiger partial charge on any atom is -0.497 e. The monoisotopic (exact) mass is 331 g/mol. The molecule has 3 rings (SSSR count). The summed E-state index contributed by atoms with van der Waals surface area (Å²) in [5, 5.41) is 13.6. The molecule has 2 aromatic carbocycles. The number of benzene rings is 2. The van der Waals surface area contributed by atoms with E-state index in [1.807, 2.05) is 18.2 Å². The van der Waals surface area contributed by atoms with E-state index >= 15 is 0 Å². The van der Waals surface area contributed by atoms with Crippen molar-refractivity contribution >= 4 is 0 Å². The Morgan fingerprint density at radius 3 is 2.96 bits per heavy atom. The number of hydrogen-bond acceptors (Lipinski definition) is 4. The summed E-state index contributed by atoms with van der Waals surface area (Å²) >= 11 is 0. The molecule has 0 amide bonds. The number of hydrogen-bond donors (Lipinski definition) is 2. The molecule has 2 N–H and O–H groups in total. The van der Waals surface area contributed by atoms with Crippen LogP contribution in [-0.4, -0.2) is 25.4 Å². The summed E-state index contributed by atoms with van der Waals surface area (Å²) in [6.45, 7) is 0.926. The number of methoxy groups -OCH3 is 1. The van der Waals surface area contributed by atoms with Crippen molar-refractivity contribution in [1.29, 1.82) is 0 Å². The SMILES string of the molecule is COc1ccc2c(c1)C(NCC(O)c1ccccc1F)CCCO2. The summed E-state index contributed by atoms with van der Waals surface area (Å²) in [6.07, 6.45) is 0.888. The van der Waals surface area contributed by atoms with Gasteiger partial charge in [0.25, 0.3) is 0 Å². The molecule has 1 aliphatic rings. The van der Waals surface area contributed by atoms with E-state index in [9.17, 15) is 9.50 Å². The molecule has 1 heterocycles. The van der Waals surface area contributed by atoms with E-state index in [4.69, 9.17) is 9.47 Å². The average Bonchev–Trinajstić information content (AvgIpc) is 2.81. The Kier molecular flexibility index (Phi) is 5.33. The van der Waals surface area contributed by atoms with Crippen molar-refractivity contribution in [3.63, 3.8) is 0 Å². The second-order valence-electron chi connectivity index (χ2n) is 5.89. The van der Waals surface area contributed by atoms with Gasteiger partial charge >= 0.3 is 0 Å². The van der Waals surface area contributed by atoms with Gasteiger partial charge in [0, 0.05) is 23.7 Å². The van der Waals surface area contributed by atoms with Gasteiger partial charge < -0.3 is 19.9 Å². The first-order valence-electron chi connectivity index (χ1n) is 8.15. The maximum Gasteiger partial charge on any atom is 0.129 e. The first-order valence-corrected chi connectivity index (χ1v) is 8.15. The molecule has 24 heavy (non-hydrogen) atoms. The van der Waals surface area contributed by atoms with Crippen LogP contribution in [0.2, 0.25) is 0 Å². The molecule has 0 aromatic heterocycles. The van der Waals surface area contributed by atoms with Gasteiger partial charge in [0.05, 0.1) is 19.8 Å². The minimum absolute atomic E-state index is 0.0269. The van der Waals surface area contributed by atoms with E-state index < -0.39 is 11.9 Å². The van der Waals surface area contributed by atoms with Crippen LogP contribution >= 0.6 is 0 Å². The molecule has 4 nitrogen and oxygen atoms in total. The zero-order valence-electron chi connectivity index (χ0n) is 13.7. The van der Waals surface area contributed by atoms with Crippen molar-refractivity contribution in [3.05, 3.63) is 59.4 Å². The molecule has 0 spiro atoms. The molecular weight excluding hydrogens is 309 g/mol. The maximum atomic E-state index is 13.8. The summed E-state index contributed by atoms with van der Waals surface area (Å²) < 4.78 is 24.9. The fourth-order valence-corrected chi connectivity index (χ4v) is 3.00. The first kappa shape index (κ1) is 16.7. The lowest BCUT2D eigenvalue weighted by atomic mass is 10.0. The van der Waals surface area contributed by atoms with Crippen LogP contribution in [0.1, 0.15) is 36.1 Å². The Labute approximate surface area is 141 Å². The van der Waals surface area contributed by atoms with Crippen LogP contribution in [0.4, 0.5) is 4.39 Å². The molecule has 0 aliphatic carbocycles. The van der Waals surface area contributed by atoms with Crippen LogP contribution in [0, 0.1) is 5.82 Å². The molecule has 0 saturated carbocycles. The molecule has 0 radical (unpaired) electrons. The van der Waals surface area contributed by atoms with Crippen molar-refractivity contribution in [3.8, 4) is 11.5 Å². The Morgan fingerprint density at radius 2 is 2.17 bits per heavy atom. The fraction of sp³-hybridized carbons (Fsp3) is 0.368. The molecule has 2 atom stereocenters. The molecule has 1 aliphatic heterocycles. The quantitative estimate of drug-likeness (QED) is 0.882. The van der Waals surface area contributed by atoms with Gasteiger partial charge in [0.15, 0.2) is 0 Å². The molecule has 0 bridgehead atoms. The van der Waals surface area contributed by atoms with E-state index in [-0.39, 0.29) is 12.6 Å². The highest BCUT2D eigenvalue weighted by molar-refractivity contribution is 5.42. The van der Waals surface area contributed by atoms with Gasteiger partial charge in [0.2, 0.25) is 0 Å². The van der Waals surface area contributed by atoms with Gasteiger partial charge in [-0.15, -0.1) is 0 Å². The molecule has 2 aromatic rings. The van der Waals surface area contributed by atoms with E-state index in [1.165, 1.54) is 6.07 Å². The lowest BCUT2D eigenvalue weighted by molar-refractivity contribution is 0.164. The third kappa shape index (κ3) is 3.68. The smallest absolute Gasteiger partial charge is 0.129 e. The van der Waals surface area contributed by atoms with Crippen molar-refractivity contribution in [1.82, 2.24) is 5.32 Å². The lowest BCUT2D eigenvalue weighted by Gasteiger charge is -2.21. The largest absolute Gasteiger partial charge is 0.497 e. The Morgan fingerprint density at radius 1 is 1.33 bits per heavy atom. The number of aliphatic hydroxyl groups excluding tert-OH is 1. The highest BCUT2D eigenvalue weighted by atomic mass is 19.1. The predicted octanol–water partition coefficient (Wildman–Crippen LogP) is 3.37. The highest BCUT2D eigenvalue weighted by Gasteiger charge is 2.22. The van der Waals surface area contributed by atoms with Crippen molar-refractivity contribution in [2.24, 2.45) is 0 Å². The molecule has 0 fully saturated rings. The standard InChI is InChI=1S/C19H22FNO3/c1-23-13-8-9-19-15(11-13)17(7-4-10-24-19)21-12-18(22)14-5-2-3-6-16(14)20/h2-3,5-6,8-9,11,17-18,21-22H,4,7,10,12H2,1H3. The van der Waals surface area contributed by atoms with Gasteiger partial charge in [-0.1, -0.05) is 18.2 Å². The van der Waals surface area contributed by atoms with E-state index in [1.54, 1.807) is 25.3 Å². The average molecular weight is 331 g/mol. The van der Waals surface area contributed by atoms with E-state index in [0.717, 1.165) is 29.9 Å².